The van der Waals surface area contributed by atoms with Gasteiger partial charge in [0.25, 0.3) is 5.91 Å². The summed E-state index contributed by atoms with van der Waals surface area (Å²) in [5.74, 6) is -0.502. The Hall–Kier alpha value is -3.15. The van der Waals surface area contributed by atoms with Crippen LogP contribution in [0, 0.1) is 0 Å². The topological polar surface area (TPSA) is 69.7 Å². The maximum absolute atomic E-state index is 13.0. The standard InChI is InChI=1S/C22H21N3O3/c26-19(24-12-11-14-5-1-4-8-18(14)24)13-23-21(27)20-16-6-2-3-7-17(16)22(28)25(20)15-9-10-15/h1-8,15,20H,9-13H2,(H,23,27)/t20-/m0/s1. The Labute approximate surface area is 163 Å². The first-order valence-electron chi connectivity index (χ1n) is 9.73. The number of fused-ring (bicyclic) bond motifs is 2. The molecule has 0 radical (unpaired) electrons. The van der Waals surface area contributed by atoms with Gasteiger partial charge in [-0.15, -0.1) is 0 Å². The van der Waals surface area contributed by atoms with Crippen molar-refractivity contribution in [2.24, 2.45) is 0 Å². The van der Waals surface area contributed by atoms with E-state index in [4.69, 9.17) is 0 Å². The quantitative estimate of drug-likeness (QED) is 0.889. The summed E-state index contributed by atoms with van der Waals surface area (Å²) in [6, 6.07) is 14.6. The monoisotopic (exact) mass is 375 g/mol. The zero-order valence-corrected chi connectivity index (χ0v) is 15.4. The van der Waals surface area contributed by atoms with Crippen LogP contribution in [0.2, 0.25) is 0 Å². The van der Waals surface area contributed by atoms with Crippen LogP contribution in [-0.2, 0) is 16.0 Å². The number of carbonyl (C=O) groups is 3. The van der Waals surface area contributed by atoms with Gasteiger partial charge in [-0.05, 0) is 42.5 Å². The molecule has 6 nitrogen and oxygen atoms in total. The third-order valence-electron chi connectivity index (χ3n) is 5.79. The molecule has 6 heteroatoms. The second-order valence-corrected chi connectivity index (χ2v) is 7.58. The zero-order chi connectivity index (χ0) is 19.3. The normalized spacial score (nSPS) is 20.1. The van der Waals surface area contributed by atoms with Crippen LogP contribution in [0.4, 0.5) is 5.69 Å². The lowest BCUT2D eigenvalue weighted by Crippen LogP contribution is -2.44. The van der Waals surface area contributed by atoms with Gasteiger partial charge in [0.05, 0.1) is 6.54 Å². The van der Waals surface area contributed by atoms with Gasteiger partial charge < -0.3 is 15.1 Å². The van der Waals surface area contributed by atoms with Crippen LogP contribution in [0.15, 0.2) is 48.5 Å². The van der Waals surface area contributed by atoms with E-state index >= 15 is 0 Å². The first-order valence-corrected chi connectivity index (χ1v) is 9.73. The molecule has 1 atom stereocenters. The van der Waals surface area contributed by atoms with Gasteiger partial charge in [0.1, 0.15) is 6.04 Å². The number of nitrogens with one attached hydrogen (secondary N) is 1. The molecule has 2 aliphatic heterocycles. The maximum Gasteiger partial charge on any atom is 0.255 e. The molecule has 142 valence electrons. The number of benzene rings is 2. The highest BCUT2D eigenvalue weighted by Crippen LogP contribution is 2.41. The van der Waals surface area contributed by atoms with Crippen LogP contribution in [0.25, 0.3) is 0 Å². The maximum atomic E-state index is 13.0. The van der Waals surface area contributed by atoms with Gasteiger partial charge in [0.2, 0.25) is 11.8 Å². The van der Waals surface area contributed by atoms with E-state index in [9.17, 15) is 14.4 Å². The molecule has 0 unspecified atom stereocenters. The van der Waals surface area contributed by atoms with E-state index in [0.29, 0.717) is 12.1 Å². The van der Waals surface area contributed by atoms with E-state index in [0.717, 1.165) is 36.1 Å². The SMILES string of the molecule is O=C(NCC(=O)N1CCc2ccccc21)[C@@H]1c2ccccc2C(=O)N1C1CC1. The number of carbonyl (C=O) groups excluding carboxylic acids is 3. The van der Waals surface area contributed by atoms with E-state index in [1.807, 2.05) is 42.5 Å². The summed E-state index contributed by atoms with van der Waals surface area (Å²) in [6.45, 7) is 0.561. The summed E-state index contributed by atoms with van der Waals surface area (Å²) in [5, 5.41) is 2.78. The molecule has 0 spiro atoms. The van der Waals surface area contributed by atoms with Gasteiger partial charge in [-0.3, -0.25) is 14.4 Å². The molecule has 0 aromatic heterocycles. The van der Waals surface area contributed by atoms with E-state index in [1.54, 1.807) is 15.9 Å². The molecule has 0 saturated heterocycles. The molecule has 2 aromatic carbocycles. The van der Waals surface area contributed by atoms with Gasteiger partial charge in [-0.1, -0.05) is 36.4 Å². The van der Waals surface area contributed by atoms with Gasteiger partial charge in [0.15, 0.2) is 0 Å². The fourth-order valence-corrected chi connectivity index (χ4v) is 4.29. The Balaban J connectivity index is 1.32. The second-order valence-electron chi connectivity index (χ2n) is 7.58. The van der Waals surface area contributed by atoms with Crippen LogP contribution in [0.5, 0.6) is 0 Å². The number of nitrogens with zero attached hydrogens (tertiary/aromatic N) is 2. The number of hydrogen-bond acceptors (Lipinski definition) is 3. The van der Waals surface area contributed by atoms with Crippen LogP contribution in [0.3, 0.4) is 0 Å². The molecular formula is C22H21N3O3. The lowest BCUT2D eigenvalue weighted by atomic mass is 10.0. The lowest BCUT2D eigenvalue weighted by molar-refractivity contribution is -0.128. The summed E-state index contributed by atoms with van der Waals surface area (Å²) < 4.78 is 0. The highest BCUT2D eigenvalue weighted by molar-refractivity contribution is 6.06. The van der Waals surface area contributed by atoms with Crippen molar-refractivity contribution in [1.29, 1.82) is 0 Å². The molecule has 1 aliphatic carbocycles. The van der Waals surface area contributed by atoms with Crippen LogP contribution >= 0.6 is 0 Å². The molecule has 0 bridgehead atoms. The lowest BCUT2D eigenvalue weighted by Gasteiger charge is -2.25. The van der Waals surface area contributed by atoms with Gasteiger partial charge in [-0.2, -0.15) is 0 Å². The molecule has 3 aliphatic rings. The Morgan fingerprint density at radius 1 is 1.04 bits per heavy atom. The third kappa shape index (κ3) is 2.68. The Morgan fingerprint density at radius 2 is 1.79 bits per heavy atom. The van der Waals surface area contributed by atoms with E-state index < -0.39 is 6.04 Å². The van der Waals surface area contributed by atoms with Crippen molar-refractivity contribution < 1.29 is 14.4 Å². The number of anilines is 1. The summed E-state index contributed by atoms with van der Waals surface area (Å²) in [6.07, 6.45) is 2.68. The minimum absolute atomic E-state index is 0.0709. The number of para-hydroxylation sites is 1. The molecule has 2 aromatic rings. The van der Waals surface area contributed by atoms with Crippen LogP contribution in [0.1, 0.15) is 40.4 Å². The molecule has 5 rings (SSSR count). The highest BCUT2D eigenvalue weighted by Gasteiger charge is 2.47. The molecule has 3 amide bonds. The summed E-state index contributed by atoms with van der Waals surface area (Å²) >= 11 is 0. The second kappa shape index (κ2) is 6.48. The van der Waals surface area contributed by atoms with Gasteiger partial charge in [-0.25, -0.2) is 0 Å². The van der Waals surface area contributed by atoms with Crippen LogP contribution in [-0.4, -0.2) is 41.8 Å². The summed E-state index contributed by atoms with van der Waals surface area (Å²) in [7, 11) is 0. The van der Waals surface area contributed by atoms with Crippen molar-refractivity contribution in [1.82, 2.24) is 10.2 Å². The largest absolute Gasteiger partial charge is 0.345 e. The number of amides is 3. The average Bonchev–Trinajstić information content (AvgIpc) is 3.39. The van der Waals surface area contributed by atoms with Crippen molar-refractivity contribution in [3.05, 3.63) is 65.2 Å². The third-order valence-corrected chi connectivity index (χ3v) is 5.79. The number of hydrogen-bond donors (Lipinski definition) is 1. The molecule has 1 N–H and O–H groups in total. The highest BCUT2D eigenvalue weighted by atomic mass is 16.2. The predicted octanol–water partition coefficient (Wildman–Crippen LogP) is 2.05. The van der Waals surface area contributed by atoms with E-state index in [2.05, 4.69) is 5.32 Å². The molecule has 1 fully saturated rings. The van der Waals surface area contributed by atoms with Gasteiger partial charge in [0, 0.05) is 23.8 Å². The van der Waals surface area contributed by atoms with Gasteiger partial charge >= 0.3 is 0 Å². The fraction of sp³-hybridized carbons (Fsp3) is 0.318. The van der Waals surface area contributed by atoms with E-state index in [1.165, 1.54) is 0 Å². The fourth-order valence-electron chi connectivity index (χ4n) is 4.29. The smallest absolute Gasteiger partial charge is 0.255 e. The molecule has 1 saturated carbocycles. The van der Waals surface area contributed by atoms with Crippen molar-refractivity contribution >= 4 is 23.4 Å². The average molecular weight is 375 g/mol. The summed E-state index contributed by atoms with van der Waals surface area (Å²) in [4.78, 5) is 41.8. The first-order chi connectivity index (χ1) is 13.6. The van der Waals surface area contributed by atoms with Crippen LogP contribution < -0.4 is 10.2 Å². The van der Waals surface area contributed by atoms with E-state index in [-0.39, 0.29) is 30.3 Å². The Kier molecular flexibility index (Phi) is 3.93. The predicted molar refractivity (Wildman–Crippen MR) is 104 cm³/mol. The molecular weight excluding hydrogens is 354 g/mol. The Bertz CT molecular complexity index is 982. The van der Waals surface area contributed by atoms with Crippen molar-refractivity contribution in [2.75, 3.05) is 18.0 Å². The Morgan fingerprint density at radius 3 is 2.61 bits per heavy atom. The van der Waals surface area contributed by atoms with Crippen molar-refractivity contribution in [2.45, 2.75) is 31.3 Å². The molecule has 28 heavy (non-hydrogen) atoms. The first kappa shape index (κ1) is 17.0. The minimum Gasteiger partial charge on any atom is -0.345 e. The van der Waals surface area contributed by atoms with Crippen molar-refractivity contribution in [3.63, 3.8) is 0 Å². The minimum atomic E-state index is -0.644. The summed E-state index contributed by atoms with van der Waals surface area (Å²) in [5.41, 5.74) is 3.39. The number of rotatable bonds is 4. The van der Waals surface area contributed by atoms with Crippen molar-refractivity contribution in [3.8, 4) is 0 Å². The molecule has 2 heterocycles. The zero-order valence-electron chi connectivity index (χ0n) is 15.4.